The van der Waals surface area contributed by atoms with Gasteiger partial charge in [0.2, 0.25) is 6.29 Å². The second kappa shape index (κ2) is 6.54. The molecule has 3 rings (SSSR count). The Morgan fingerprint density at radius 2 is 1.77 bits per heavy atom. The quantitative estimate of drug-likeness (QED) is 0.667. The van der Waals surface area contributed by atoms with E-state index in [0.29, 0.717) is 10.9 Å². The van der Waals surface area contributed by atoms with Crippen LogP contribution in [0.25, 0.3) is 11.0 Å². The highest BCUT2D eigenvalue weighted by Crippen LogP contribution is 2.34. The molecule has 3 N–H and O–H groups in total. The third-order valence-electron chi connectivity index (χ3n) is 4.07. The first-order valence-corrected chi connectivity index (χ1v) is 7.55. The van der Waals surface area contributed by atoms with Crippen LogP contribution in [0, 0.1) is 6.92 Å². The van der Waals surface area contributed by atoms with Crippen LogP contribution in [-0.2, 0) is 4.74 Å². The molecule has 1 fully saturated rings. The minimum absolute atomic E-state index is 0.0557. The Hall–Kier alpha value is -2.14. The number of rotatable bonds is 2. The van der Waals surface area contributed by atoms with Gasteiger partial charge in [-0.05, 0) is 24.6 Å². The van der Waals surface area contributed by atoms with Gasteiger partial charge in [0.25, 0.3) is 0 Å². The van der Waals surface area contributed by atoms with Gasteiger partial charge in [-0.1, -0.05) is 0 Å². The van der Waals surface area contributed by atoms with E-state index in [1.54, 1.807) is 6.92 Å². The van der Waals surface area contributed by atoms with E-state index in [4.69, 9.17) is 9.15 Å². The van der Waals surface area contributed by atoms with E-state index in [2.05, 4.69) is 4.74 Å². The number of aliphatic hydroxyl groups excluding tert-OH is 3. The summed E-state index contributed by atoms with van der Waals surface area (Å²) in [7, 11) is 0. The molecule has 0 radical (unpaired) electrons. The van der Waals surface area contributed by atoms with Crippen LogP contribution in [0.15, 0.2) is 33.5 Å². The van der Waals surface area contributed by atoms with E-state index in [-0.39, 0.29) is 11.3 Å². The Morgan fingerprint density at radius 1 is 1.08 bits per heavy atom. The van der Waals surface area contributed by atoms with Gasteiger partial charge in [-0.2, -0.15) is 13.2 Å². The molecule has 7 nitrogen and oxygen atoms in total. The summed E-state index contributed by atoms with van der Waals surface area (Å²) < 4.78 is 53.6. The largest absolute Gasteiger partial charge is 0.462 e. The van der Waals surface area contributed by atoms with Crippen molar-refractivity contribution in [1.82, 2.24) is 0 Å². The van der Waals surface area contributed by atoms with Crippen molar-refractivity contribution in [2.75, 3.05) is 0 Å². The fourth-order valence-corrected chi connectivity index (χ4v) is 2.73. The minimum Gasteiger partial charge on any atom is -0.462 e. The highest BCUT2D eigenvalue weighted by Gasteiger charge is 2.56. The van der Waals surface area contributed by atoms with Gasteiger partial charge in [-0.25, -0.2) is 4.79 Å². The van der Waals surface area contributed by atoms with Gasteiger partial charge in [-0.3, -0.25) is 0 Å². The summed E-state index contributed by atoms with van der Waals surface area (Å²) in [6.07, 6.45) is -16.0. The number of benzene rings is 1. The van der Waals surface area contributed by atoms with Crippen LogP contribution < -0.4 is 10.4 Å². The third-order valence-corrected chi connectivity index (χ3v) is 4.07. The van der Waals surface area contributed by atoms with Crippen molar-refractivity contribution in [1.29, 1.82) is 0 Å². The molecule has 0 amide bonds. The smallest absolute Gasteiger partial charge is 0.417 e. The minimum atomic E-state index is -4.98. The SMILES string of the molecule is Cc1cc(=O)oc2cc(O[C@@H]3O[C@H](C(F)(F)F)[C@H](O)[C@H](O)[C@H]3O)ccc12. The molecular weight excluding hydrogens is 361 g/mol. The predicted molar refractivity (Wildman–Crippen MR) is 80.6 cm³/mol. The van der Waals surface area contributed by atoms with Crippen molar-refractivity contribution in [3.05, 3.63) is 40.2 Å². The van der Waals surface area contributed by atoms with Crippen molar-refractivity contribution in [3.63, 3.8) is 0 Å². The first-order valence-electron chi connectivity index (χ1n) is 7.55. The van der Waals surface area contributed by atoms with Crippen LogP contribution in [0.3, 0.4) is 0 Å². The van der Waals surface area contributed by atoms with Crippen molar-refractivity contribution in [2.24, 2.45) is 0 Å². The second-order valence-corrected chi connectivity index (χ2v) is 5.96. The molecule has 142 valence electrons. The highest BCUT2D eigenvalue weighted by atomic mass is 19.4. The summed E-state index contributed by atoms with van der Waals surface area (Å²) in [6.45, 7) is 1.68. The Morgan fingerprint density at radius 3 is 2.42 bits per heavy atom. The molecule has 0 bridgehead atoms. The van der Waals surface area contributed by atoms with E-state index in [9.17, 15) is 33.3 Å². The fraction of sp³-hybridized carbons (Fsp3) is 0.438. The molecular formula is C16H15F3O7. The number of alkyl halides is 3. The molecule has 5 atom stereocenters. The third kappa shape index (κ3) is 3.40. The molecule has 0 spiro atoms. The Labute approximate surface area is 144 Å². The number of hydrogen-bond acceptors (Lipinski definition) is 7. The summed E-state index contributed by atoms with van der Waals surface area (Å²) in [6, 6.07) is 5.43. The average Bonchev–Trinajstić information content (AvgIpc) is 2.53. The van der Waals surface area contributed by atoms with Crippen molar-refractivity contribution in [2.45, 2.75) is 43.8 Å². The van der Waals surface area contributed by atoms with Crippen LogP contribution in [0.5, 0.6) is 5.75 Å². The van der Waals surface area contributed by atoms with Crippen LogP contribution >= 0.6 is 0 Å². The molecule has 10 heteroatoms. The lowest BCUT2D eigenvalue weighted by molar-refractivity contribution is -0.339. The average molecular weight is 376 g/mol. The molecule has 1 saturated heterocycles. The second-order valence-electron chi connectivity index (χ2n) is 5.96. The van der Waals surface area contributed by atoms with E-state index in [1.807, 2.05) is 0 Å². The van der Waals surface area contributed by atoms with E-state index in [1.165, 1.54) is 24.3 Å². The molecule has 2 heterocycles. The standard InChI is InChI=1S/C16H15F3O7/c1-6-4-10(20)25-9-5-7(2-3-8(6)9)24-15-13(23)11(21)12(22)14(26-15)16(17,18)19/h2-5,11-15,21-23H,1H3/t11-,12+,13+,14-,15+/m0/s1. The zero-order chi connectivity index (χ0) is 19.2. The maximum Gasteiger partial charge on any atom is 0.417 e. The van der Waals surface area contributed by atoms with Crippen LogP contribution in [0.2, 0.25) is 0 Å². The molecule has 26 heavy (non-hydrogen) atoms. The summed E-state index contributed by atoms with van der Waals surface area (Å²) in [5.74, 6) is -0.0557. The van der Waals surface area contributed by atoms with Gasteiger partial charge in [0.15, 0.2) is 6.10 Å². The maximum atomic E-state index is 12.9. The molecule has 1 aliphatic heterocycles. The lowest BCUT2D eigenvalue weighted by atomic mass is 9.98. The summed E-state index contributed by atoms with van der Waals surface area (Å²) >= 11 is 0. The molecule has 2 aromatic rings. The Balaban J connectivity index is 1.89. The number of fused-ring (bicyclic) bond motifs is 1. The molecule has 0 saturated carbocycles. The van der Waals surface area contributed by atoms with Crippen molar-refractivity contribution >= 4 is 11.0 Å². The summed E-state index contributed by atoms with van der Waals surface area (Å²) in [5, 5.41) is 29.6. The van der Waals surface area contributed by atoms with E-state index >= 15 is 0 Å². The number of aliphatic hydroxyl groups is 3. The molecule has 0 unspecified atom stereocenters. The van der Waals surface area contributed by atoms with Gasteiger partial charge in [0, 0.05) is 17.5 Å². The highest BCUT2D eigenvalue weighted by molar-refractivity contribution is 5.81. The Kier molecular flexibility index (Phi) is 4.69. The van der Waals surface area contributed by atoms with E-state index in [0.717, 1.165) is 0 Å². The first kappa shape index (κ1) is 18.6. The van der Waals surface area contributed by atoms with Crippen LogP contribution in [0.4, 0.5) is 13.2 Å². The number of ether oxygens (including phenoxy) is 2. The number of halogens is 3. The summed E-state index contributed by atoms with van der Waals surface area (Å²) in [4.78, 5) is 11.4. The van der Waals surface area contributed by atoms with Gasteiger partial charge in [0.1, 0.15) is 29.6 Å². The fourth-order valence-electron chi connectivity index (χ4n) is 2.73. The zero-order valence-electron chi connectivity index (χ0n) is 13.3. The summed E-state index contributed by atoms with van der Waals surface area (Å²) in [5.41, 5.74) is 0.148. The molecule has 0 aliphatic carbocycles. The van der Waals surface area contributed by atoms with E-state index < -0.39 is 42.5 Å². The normalized spacial score (nSPS) is 29.7. The monoisotopic (exact) mass is 376 g/mol. The van der Waals surface area contributed by atoms with Gasteiger partial charge >= 0.3 is 11.8 Å². The van der Waals surface area contributed by atoms with Crippen LogP contribution in [0.1, 0.15) is 5.56 Å². The van der Waals surface area contributed by atoms with Crippen molar-refractivity contribution in [3.8, 4) is 5.75 Å². The maximum absolute atomic E-state index is 12.9. The molecule has 1 aliphatic rings. The van der Waals surface area contributed by atoms with Crippen LogP contribution in [-0.4, -0.2) is 52.2 Å². The Bertz CT molecular complexity index is 863. The molecule has 1 aromatic carbocycles. The lowest BCUT2D eigenvalue weighted by Gasteiger charge is -2.40. The predicted octanol–water partition coefficient (Wildman–Crippen LogP) is 0.850. The van der Waals surface area contributed by atoms with Gasteiger partial charge < -0.3 is 29.2 Å². The van der Waals surface area contributed by atoms with Gasteiger partial charge in [-0.15, -0.1) is 0 Å². The first-order chi connectivity index (χ1) is 12.1. The topological polar surface area (TPSA) is 109 Å². The van der Waals surface area contributed by atoms with Gasteiger partial charge in [0.05, 0.1) is 0 Å². The van der Waals surface area contributed by atoms with Crippen molar-refractivity contribution < 1.29 is 42.4 Å². The lowest BCUT2D eigenvalue weighted by Crippen LogP contribution is -2.62. The number of hydrogen-bond donors (Lipinski definition) is 3. The molecule has 1 aromatic heterocycles. The zero-order valence-corrected chi connectivity index (χ0v) is 13.3. The number of aryl methyl sites for hydroxylation is 1.